The van der Waals surface area contributed by atoms with Crippen LogP contribution in [0.3, 0.4) is 0 Å². The molecular weight excluding hydrogens is 324 g/mol. The first kappa shape index (κ1) is 18.1. The normalized spacial score (nSPS) is 12.0. The number of amides is 3. The van der Waals surface area contributed by atoms with Crippen molar-refractivity contribution in [3.8, 4) is 5.69 Å². The number of benzene rings is 1. The Morgan fingerprint density at radius 3 is 2.58 bits per heavy atom. The first-order valence-corrected chi connectivity index (χ1v) is 8.64. The van der Waals surface area contributed by atoms with Crippen LogP contribution in [-0.4, -0.2) is 33.8 Å². The van der Waals surface area contributed by atoms with Gasteiger partial charge in [0.2, 0.25) is 5.91 Å². The minimum Gasteiger partial charge on any atom is -0.341 e. The third kappa shape index (κ3) is 4.17. The Balaban J connectivity index is 2.22. The molecule has 3 amide bonds. The molecule has 24 heavy (non-hydrogen) atoms. The fraction of sp³-hybridized carbons (Fsp3) is 0.353. The van der Waals surface area contributed by atoms with Gasteiger partial charge < -0.3 is 5.32 Å². The summed E-state index contributed by atoms with van der Waals surface area (Å²) in [5.41, 5.74) is 2.26. The molecule has 2 N–H and O–H groups in total. The highest BCUT2D eigenvalue weighted by Crippen LogP contribution is 2.29. The molecule has 128 valence electrons. The summed E-state index contributed by atoms with van der Waals surface area (Å²) >= 11 is 1.31. The number of rotatable bonds is 5. The molecule has 1 unspecified atom stereocenters. The topological polar surface area (TPSA) is 76.0 Å². The van der Waals surface area contributed by atoms with Crippen molar-refractivity contribution in [2.75, 3.05) is 7.05 Å². The van der Waals surface area contributed by atoms with Gasteiger partial charge in [-0.15, -0.1) is 0 Å². The van der Waals surface area contributed by atoms with Crippen molar-refractivity contribution in [3.05, 3.63) is 42.2 Å². The van der Waals surface area contributed by atoms with Gasteiger partial charge >= 0.3 is 6.03 Å². The summed E-state index contributed by atoms with van der Waals surface area (Å²) < 4.78 is 1.98. The number of urea groups is 1. The van der Waals surface area contributed by atoms with Gasteiger partial charge in [-0.2, -0.15) is 0 Å². The second-order valence-electron chi connectivity index (χ2n) is 5.62. The zero-order valence-corrected chi connectivity index (χ0v) is 15.1. The minimum absolute atomic E-state index is 0.356. The molecule has 1 aromatic carbocycles. The zero-order valence-electron chi connectivity index (χ0n) is 14.2. The SMILES string of the molecule is CNC(=O)NC(=O)C(C)Sc1nccn1-c1ccccc1C(C)C. The summed E-state index contributed by atoms with van der Waals surface area (Å²) in [6.07, 6.45) is 3.59. The maximum absolute atomic E-state index is 12.0. The molecular formula is C17H22N4O2S. The van der Waals surface area contributed by atoms with Crippen molar-refractivity contribution in [3.63, 3.8) is 0 Å². The maximum Gasteiger partial charge on any atom is 0.321 e. The van der Waals surface area contributed by atoms with Crippen LogP contribution in [0.25, 0.3) is 5.69 Å². The Kier molecular flexibility index (Phi) is 6.03. The molecule has 0 aliphatic rings. The second kappa shape index (κ2) is 8.01. The lowest BCUT2D eigenvalue weighted by Gasteiger charge is -2.16. The highest BCUT2D eigenvalue weighted by atomic mass is 32.2. The molecule has 2 rings (SSSR count). The Morgan fingerprint density at radius 2 is 1.92 bits per heavy atom. The number of nitrogens with zero attached hydrogens (tertiary/aromatic N) is 2. The van der Waals surface area contributed by atoms with Crippen LogP contribution in [0, 0.1) is 0 Å². The monoisotopic (exact) mass is 346 g/mol. The molecule has 1 atom stereocenters. The Bertz CT molecular complexity index is 727. The van der Waals surface area contributed by atoms with E-state index in [9.17, 15) is 9.59 Å². The van der Waals surface area contributed by atoms with Crippen LogP contribution in [0.1, 0.15) is 32.3 Å². The van der Waals surface area contributed by atoms with Crippen molar-refractivity contribution in [1.82, 2.24) is 20.2 Å². The predicted molar refractivity (Wildman–Crippen MR) is 95.6 cm³/mol. The van der Waals surface area contributed by atoms with Gasteiger partial charge in [0, 0.05) is 19.4 Å². The average molecular weight is 346 g/mol. The van der Waals surface area contributed by atoms with E-state index in [2.05, 4.69) is 35.5 Å². The van der Waals surface area contributed by atoms with Crippen molar-refractivity contribution in [2.45, 2.75) is 37.1 Å². The molecule has 0 aliphatic heterocycles. The minimum atomic E-state index is -0.513. The van der Waals surface area contributed by atoms with E-state index in [1.807, 2.05) is 29.0 Å². The lowest BCUT2D eigenvalue weighted by atomic mass is 10.0. The third-order valence-electron chi connectivity index (χ3n) is 3.54. The van der Waals surface area contributed by atoms with Gasteiger partial charge in [0.15, 0.2) is 5.16 Å². The van der Waals surface area contributed by atoms with Crippen LogP contribution >= 0.6 is 11.8 Å². The molecule has 0 spiro atoms. The molecule has 0 saturated carbocycles. The Hall–Kier alpha value is -2.28. The molecule has 6 nitrogen and oxygen atoms in total. The van der Waals surface area contributed by atoms with Gasteiger partial charge in [-0.25, -0.2) is 9.78 Å². The molecule has 0 bridgehead atoms. The Labute approximate surface area is 146 Å². The van der Waals surface area contributed by atoms with Crippen LogP contribution in [0.5, 0.6) is 0 Å². The highest BCUT2D eigenvalue weighted by Gasteiger charge is 2.20. The predicted octanol–water partition coefficient (Wildman–Crippen LogP) is 2.93. The number of para-hydroxylation sites is 1. The van der Waals surface area contributed by atoms with Crippen LogP contribution in [0.4, 0.5) is 4.79 Å². The first-order chi connectivity index (χ1) is 11.4. The number of aromatic nitrogens is 2. The summed E-state index contributed by atoms with van der Waals surface area (Å²) in [6, 6.07) is 7.62. The van der Waals surface area contributed by atoms with Crippen molar-refractivity contribution >= 4 is 23.7 Å². The number of imidazole rings is 1. The van der Waals surface area contributed by atoms with Crippen LogP contribution < -0.4 is 10.6 Å². The molecule has 0 aliphatic carbocycles. The number of carbonyl (C=O) groups excluding carboxylic acids is 2. The summed E-state index contributed by atoms with van der Waals surface area (Å²) in [5.74, 6) is 0.0152. The van der Waals surface area contributed by atoms with Crippen LogP contribution in [-0.2, 0) is 4.79 Å². The first-order valence-electron chi connectivity index (χ1n) is 7.76. The van der Waals surface area contributed by atoms with Crippen molar-refractivity contribution in [2.24, 2.45) is 0 Å². The molecule has 2 aromatic rings. The van der Waals surface area contributed by atoms with Gasteiger partial charge in [-0.1, -0.05) is 43.8 Å². The van der Waals surface area contributed by atoms with E-state index in [0.29, 0.717) is 11.1 Å². The maximum atomic E-state index is 12.0. The molecule has 0 radical (unpaired) electrons. The van der Waals surface area contributed by atoms with Crippen molar-refractivity contribution in [1.29, 1.82) is 0 Å². The lowest BCUT2D eigenvalue weighted by molar-refractivity contribution is -0.119. The van der Waals surface area contributed by atoms with E-state index >= 15 is 0 Å². The number of hydrogen-bond acceptors (Lipinski definition) is 4. The molecule has 0 saturated heterocycles. The number of imide groups is 1. The lowest BCUT2D eigenvalue weighted by Crippen LogP contribution is -2.41. The largest absolute Gasteiger partial charge is 0.341 e. The van der Waals surface area contributed by atoms with Crippen LogP contribution in [0.15, 0.2) is 41.8 Å². The summed E-state index contributed by atoms with van der Waals surface area (Å²) in [7, 11) is 1.47. The Morgan fingerprint density at radius 1 is 1.21 bits per heavy atom. The molecule has 1 aromatic heterocycles. The fourth-order valence-corrected chi connectivity index (χ4v) is 3.12. The van der Waals surface area contributed by atoms with E-state index in [1.165, 1.54) is 24.4 Å². The summed E-state index contributed by atoms with van der Waals surface area (Å²) in [6.45, 7) is 6.03. The van der Waals surface area contributed by atoms with Gasteiger partial charge in [-0.3, -0.25) is 14.7 Å². The van der Waals surface area contributed by atoms with E-state index in [-0.39, 0.29) is 5.91 Å². The molecule has 0 fully saturated rings. The zero-order chi connectivity index (χ0) is 17.7. The quantitative estimate of drug-likeness (QED) is 0.816. The second-order valence-corrected chi connectivity index (χ2v) is 6.93. The number of nitrogens with one attached hydrogen (secondary N) is 2. The summed E-state index contributed by atoms with van der Waals surface area (Å²) in [4.78, 5) is 27.7. The van der Waals surface area contributed by atoms with E-state index < -0.39 is 11.3 Å². The smallest absolute Gasteiger partial charge is 0.321 e. The standard InChI is InChI=1S/C17H22N4O2S/c1-11(2)13-7-5-6-8-14(13)21-10-9-19-17(21)24-12(3)15(22)20-16(23)18-4/h5-12H,1-4H3,(H2,18,20,22,23). The van der Waals surface area contributed by atoms with Crippen molar-refractivity contribution < 1.29 is 9.59 Å². The van der Waals surface area contributed by atoms with E-state index in [4.69, 9.17) is 0 Å². The number of carbonyl (C=O) groups is 2. The molecule has 1 heterocycles. The fourth-order valence-electron chi connectivity index (χ4n) is 2.24. The van der Waals surface area contributed by atoms with Gasteiger partial charge in [-0.05, 0) is 24.5 Å². The number of hydrogen-bond donors (Lipinski definition) is 2. The van der Waals surface area contributed by atoms with Gasteiger partial charge in [0.1, 0.15) is 0 Å². The van der Waals surface area contributed by atoms with Gasteiger partial charge in [0.25, 0.3) is 0 Å². The van der Waals surface area contributed by atoms with E-state index in [1.54, 1.807) is 13.1 Å². The third-order valence-corrected chi connectivity index (χ3v) is 4.62. The number of thioether (sulfide) groups is 1. The molecule has 7 heteroatoms. The summed E-state index contributed by atoms with van der Waals surface area (Å²) in [5, 5.41) is 4.91. The van der Waals surface area contributed by atoms with E-state index in [0.717, 1.165) is 5.69 Å². The van der Waals surface area contributed by atoms with Gasteiger partial charge in [0.05, 0.1) is 10.9 Å². The highest BCUT2D eigenvalue weighted by molar-refractivity contribution is 8.00. The average Bonchev–Trinajstić information content (AvgIpc) is 3.02. The van der Waals surface area contributed by atoms with Crippen LogP contribution in [0.2, 0.25) is 0 Å².